The Morgan fingerprint density at radius 2 is 1.55 bits per heavy atom. The predicted octanol–water partition coefficient (Wildman–Crippen LogP) is 5.95. The monoisotopic (exact) mass is 530 g/mol. The Morgan fingerprint density at radius 1 is 0.921 bits per heavy atom. The molecule has 3 aromatic rings. The van der Waals surface area contributed by atoms with E-state index in [0.29, 0.717) is 55.8 Å². The second-order valence-electron chi connectivity index (χ2n) is 8.67. The molecule has 8 nitrogen and oxygen atoms in total. The summed E-state index contributed by atoms with van der Waals surface area (Å²) >= 11 is 0. The predicted molar refractivity (Wildman–Crippen MR) is 129 cm³/mol. The molecule has 0 unspecified atom stereocenters. The van der Waals surface area contributed by atoms with Gasteiger partial charge in [-0.05, 0) is 54.4 Å². The van der Waals surface area contributed by atoms with Crippen molar-refractivity contribution in [2.45, 2.75) is 38.0 Å². The molecule has 0 saturated carbocycles. The van der Waals surface area contributed by atoms with Crippen LogP contribution in [-0.4, -0.2) is 46.2 Å². The second-order valence-corrected chi connectivity index (χ2v) is 8.67. The van der Waals surface area contributed by atoms with Gasteiger partial charge in [-0.2, -0.15) is 13.2 Å². The first-order valence-corrected chi connectivity index (χ1v) is 11.9. The van der Waals surface area contributed by atoms with Crippen LogP contribution in [0.2, 0.25) is 0 Å². The van der Waals surface area contributed by atoms with Crippen LogP contribution in [0, 0.1) is 0 Å². The average Bonchev–Trinajstić information content (AvgIpc) is 2.89. The van der Waals surface area contributed by atoms with Gasteiger partial charge in [0, 0.05) is 44.6 Å². The molecule has 1 aromatic heterocycles. The van der Waals surface area contributed by atoms with E-state index in [-0.39, 0.29) is 18.4 Å². The molecule has 1 saturated heterocycles. The zero-order chi connectivity index (χ0) is 27.1. The Kier molecular flexibility index (Phi) is 8.35. The van der Waals surface area contributed by atoms with E-state index >= 15 is 0 Å². The molecule has 2 aromatic carbocycles. The van der Waals surface area contributed by atoms with Crippen LogP contribution in [-0.2, 0) is 17.4 Å². The quantitative estimate of drug-likeness (QED) is 0.384. The summed E-state index contributed by atoms with van der Waals surface area (Å²) in [5, 5.41) is 8.78. The second kappa shape index (κ2) is 11.8. The molecule has 2 heterocycles. The van der Waals surface area contributed by atoms with E-state index in [2.05, 4.69) is 4.98 Å². The SMILES string of the molecule is O=C(O)CCc1ccc(OC2CCN(C(=O)Oc3ccc(Oc4ccc(C(F)(F)F)cn4)cc3)CC2)cc1. The number of rotatable bonds is 8. The molecule has 1 aliphatic rings. The Morgan fingerprint density at radius 3 is 2.13 bits per heavy atom. The molecule has 0 aliphatic carbocycles. The molecule has 0 atom stereocenters. The summed E-state index contributed by atoms with van der Waals surface area (Å²) in [6.45, 7) is 0.919. The van der Waals surface area contributed by atoms with Gasteiger partial charge >= 0.3 is 18.2 Å². The maximum Gasteiger partial charge on any atom is 0.417 e. The fourth-order valence-electron chi connectivity index (χ4n) is 3.80. The van der Waals surface area contributed by atoms with E-state index in [1.54, 1.807) is 4.90 Å². The lowest BCUT2D eigenvalue weighted by Crippen LogP contribution is -2.43. The van der Waals surface area contributed by atoms with Gasteiger partial charge in [-0.1, -0.05) is 12.1 Å². The zero-order valence-corrected chi connectivity index (χ0v) is 20.2. The van der Waals surface area contributed by atoms with Gasteiger partial charge in [0.1, 0.15) is 23.4 Å². The summed E-state index contributed by atoms with van der Waals surface area (Å²) in [5.41, 5.74) is 0.0551. The molecule has 1 amide bonds. The Hall–Kier alpha value is -4.28. The number of nitrogens with zero attached hydrogens (tertiary/aromatic N) is 2. The van der Waals surface area contributed by atoms with Crippen molar-refractivity contribution in [3.63, 3.8) is 0 Å². The highest BCUT2D eigenvalue weighted by molar-refractivity contribution is 5.71. The molecule has 200 valence electrons. The minimum atomic E-state index is -4.47. The lowest BCUT2D eigenvalue weighted by Gasteiger charge is -2.31. The Balaban J connectivity index is 1.21. The minimum absolute atomic E-state index is 0.00182. The van der Waals surface area contributed by atoms with Gasteiger partial charge in [-0.25, -0.2) is 9.78 Å². The zero-order valence-electron chi connectivity index (χ0n) is 20.2. The summed E-state index contributed by atoms with van der Waals surface area (Å²) in [5.74, 6) is 0.478. The highest BCUT2D eigenvalue weighted by Gasteiger charge is 2.30. The van der Waals surface area contributed by atoms with E-state index in [1.807, 2.05) is 24.3 Å². The fourth-order valence-corrected chi connectivity index (χ4v) is 3.80. The normalized spacial score (nSPS) is 14.1. The highest BCUT2D eigenvalue weighted by Crippen LogP contribution is 2.30. The number of aliphatic carboxylic acids is 1. The third-order valence-electron chi connectivity index (χ3n) is 5.87. The number of hydrogen-bond acceptors (Lipinski definition) is 6. The average molecular weight is 530 g/mol. The number of carboxylic acid groups (broad SMARTS) is 1. The van der Waals surface area contributed by atoms with Crippen LogP contribution < -0.4 is 14.2 Å². The van der Waals surface area contributed by atoms with Crippen LogP contribution in [0.4, 0.5) is 18.0 Å². The Bertz CT molecular complexity index is 1220. The number of carbonyl (C=O) groups excluding carboxylic acids is 1. The molecule has 1 N–H and O–H groups in total. The topological polar surface area (TPSA) is 98.2 Å². The molecule has 11 heteroatoms. The van der Waals surface area contributed by atoms with E-state index in [0.717, 1.165) is 17.7 Å². The summed E-state index contributed by atoms with van der Waals surface area (Å²) in [6, 6.07) is 15.4. The molecule has 1 aliphatic heterocycles. The van der Waals surface area contributed by atoms with Gasteiger partial charge in [-0.15, -0.1) is 0 Å². The standard InChI is InChI=1S/C27H25F3N2O6/c28-27(29,30)19-4-11-24(31-17-19)37-21-7-9-22(10-8-21)38-26(35)32-15-13-23(14-16-32)36-20-5-1-18(2-6-20)3-12-25(33)34/h1-2,4-11,17,23H,3,12-16H2,(H,33,34). The minimum Gasteiger partial charge on any atom is -0.490 e. The van der Waals surface area contributed by atoms with Crippen LogP contribution in [0.3, 0.4) is 0 Å². The van der Waals surface area contributed by atoms with Crippen molar-refractivity contribution in [3.05, 3.63) is 78.0 Å². The molecule has 38 heavy (non-hydrogen) atoms. The molecule has 0 radical (unpaired) electrons. The number of hydrogen-bond donors (Lipinski definition) is 1. The number of benzene rings is 2. The fraction of sp³-hybridized carbons (Fsp3) is 0.296. The molecule has 0 bridgehead atoms. The van der Waals surface area contributed by atoms with Crippen molar-refractivity contribution >= 4 is 12.1 Å². The van der Waals surface area contributed by atoms with Crippen LogP contribution in [0.1, 0.15) is 30.4 Å². The van der Waals surface area contributed by atoms with E-state index in [9.17, 15) is 22.8 Å². The van der Waals surface area contributed by atoms with Crippen LogP contribution in [0.5, 0.6) is 23.1 Å². The number of alkyl halides is 3. The largest absolute Gasteiger partial charge is 0.490 e. The number of aryl methyl sites for hydroxylation is 1. The molecular formula is C27H25F3N2O6. The van der Waals surface area contributed by atoms with Gasteiger partial charge in [-0.3, -0.25) is 4.79 Å². The molecule has 4 rings (SSSR count). The number of carbonyl (C=O) groups is 2. The summed E-state index contributed by atoms with van der Waals surface area (Å²) < 4.78 is 54.8. The van der Waals surface area contributed by atoms with Crippen molar-refractivity contribution < 1.29 is 42.1 Å². The van der Waals surface area contributed by atoms with Crippen LogP contribution >= 0.6 is 0 Å². The van der Waals surface area contributed by atoms with E-state index < -0.39 is 23.8 Å². The maximum atomic E-state index is 12.6. The molecule has 0 spiro atoms. The first-order valence-electron chi connectivity index (χ1n) is 11.9. The van der Waals surface area contributed by atoms with Crippen molar-refractivity contribution in [2.75, 3.05) is 13.1 Å². The van der Waals surface area contributed by atoms with Crippen LogP contribution in [0.25, 0.3) is 0 Å². The van der Waals surface area contributed by atoms with Crippen LogP contribution in [0.15, 0.2) is 66.9 Å². The van der Waals surface area contributed by atoms with Gasteiger partial charge in [0.25, 0.3) is 0 Å². The van der Waals surface area contributed by atoms with Crippen molar-refractivity contribution in [1.29, 1.82) is 0 Å². The van der Waals surface area contributed by atoms with E-state index in [4.69, 9.17) is 19.3 Å². The molecule has 1 fully saturated rings. The summed E-state index contributed by atoms with van der Waals surface area (Å²) in [4.78, 5) is 28.5. The smallest absolute Gasteiger partial charge is 0.417 e. The van der Waals surface area contributed by atoms with Gasteiger partial charge in [0.15, 0.2) is 0 Å². The number of ether oxygens (including phenoxy) is 3. The molecular weight excluding hydrogens is 505 g/mol. The lowest BCUT2D eigenvalue weighted by molar-refractivity contribution is -0.138. The van der Waals surface area contributed by atoms with Gasteiger partial charge in [0.2, 0.25) is 5.88 Å². The number of aromatic nitrogens is 1. The maximum absolute atomic E-state index is 12.6. The lowest BCUT2D eigenvalue weighted by atomic mass is 10.1. The third-order valence-corrected chi connectivity index (χ3v) is 5.87. The van der Waals surface area contributed by atoms with Crippen molar-refractivity contribution in [3.8, 4) is 23.1 Å². The van der Waals surface area contributed by atoms with Gasteiger partial charge < -0.3 is 24.2 Å². The van der Waals surface area contributed by atoms with Crippen molar-refractivity contribution in [1.82, 2.24) is 9.88 Å². The number of piperidine rings is 1. The number of likely N-dealkylation sites (tertiary alicyclic amines) is 1. The number of carboxylic acids is 1. The van der Waals surface area contributed by atoms with Gasteiger partial charge in [0.05, 0.1) is 5.56 Å². The van der Waals surface area contributed by atoms with Crippen molar-refractivity contribution in [2.24, 2.45) is 0 Å². The first-order chi connectivity index (χ1) is 18.2. The summed E-state index contributed by atoms with van der Waals surface area (Å²) in [6.07, 6.45) is -2.54. The Labute approximate surface area is 216 Å². The first kappa shape index (κ1) is 26.8. The third kappa shape index (κ3) is 7.61. The number of pyridine rings is 1. The number of amides is 1. The highest BCUT2D eigenvalue weighted by atomic mass is 19.4. The number of halogens is 3. The van der Waals surface area contributed by atoms with E-state index in [1.165, 1.54) is 24.3 Å². The summed E-state index contributed by atoms with van der Waals surface area (Å²) in [7, 11) is 0.